The maximum Gasteiger partial charge on any atom is 0.294 e. The van der Waals surface area contributed by atoms with E-state index >= 15 is 0 Å². The van der Waals surface area contributed by atoms with Gasteiger partial charge in [0.25, 0.3) is 5.69 Å². The van der Waals surface area contributed by atoms with Gasteiger partial charge in [0.2, 0.25) is 0 Å². The third kappa shape index (κ3) is 2.91. The summed E-state index contributed by atoms with van der Waals surface area (Å²) in [6.07, 6.45) is 2.70. The van der Waals surface area contributed by atoms with Crippen LogP contribution in [0.4, 0.5) is 5.69 Å². The van der Waals surface area contributed by atoms with E-state index in [1.807, 2.05) is 0 Å². The van der Waals surface area contributed by atoms with Crippen LogP contribution in [0.25, 0.3) is 5.69 Å². The number of hydrogen-bond acceptors (Lipinski definition) is 5. The number of rotatable bonds is 4. The number of carbonyl (C=O) groups is 1. The molecule has 0 bridgehead atoms. The van der Waals surface area contributed by atoms with Crippen LogP contribution in [0.5, 0.6) is 5.75 Å². The summed E-state index contributed by atoms with van der Waals surface area (Å²) in [7, 11) is 0. The standard InChI is InChI=1S/C16H10BrN3O4/c17-11-5-6-15(21)12(7-11)16(22)10-8-18-19(9-10)13-3-1-2-4-14(13)20(23)24/h1-9,21H. The number of benzene rings is 2. The number of aromatic nitrogens is 2. The van der Waals surface area contributed by atoms with E-state index in [2.05, 4.69) is 21.0 Å². The minimum absolute atomic E-state index is 0.117. The number of ketones is 1. The molecule has 3 aromatic rings. The maximum absolute atomic E-state index is 12.5. The monoisotopic (exact) mass is 387 g/mol. The normalized spacial score (nSPS) is 10.5. The van der Waals surface area contributed by atoms with Crippen LogP contribution in [-0.4, -0.2) is 25.6 Å². The van der Waals surface area contributed by atoms with E-state index in [1.54, 1.807) is 18.2 Å². The highest BCUT2D eigenvalue weighted by Crippen LogP contribution is 2.26. The molecule has 0 atom stereocenters. The van der Waals surface area contributed by atoms with Crippen LogP contribution in [0, 0.1) is 10.1 Å². The molecule has 0 amide bonds. The number of halogens is 1. The van der Waals surface area contributed by atoms with Gasteiger partial charge in [-0.15, -0.1) is 0 Å². The number of aromatic hydroxyl groups is 1. The quantitative estimate of drug-likeness (QED) is 0.419. The van der Waals surface area contributed by atoms with Crippen LogP contribution in [-0.2, 0) is 0 Å². The summed E-state index contributed by atoms with van der Waals surface area (Å²) >= 11 is 3.25. The molecule has 0 unspecified atom stereocenters. The lowest BCUT2D eigenvalue weighted by atomic mass is 10.1. The molecule has 1 aromatic heterocycles. The molecular weight excluding hydrogens is 378 g/mol. The Morgan fingerprint density at radius 2 is 2.00 bits per heavy atom. The van der Waals surface area contributed by atoms with Crippen molar-refractivity contribution in [2.45, 2.75) is 0 Å². The first kappa shape index (κ1) is 15.9. The highest BCUT2D eigenvalue weighted by molar-refractivity contribution is 9.10. The topological polar surface area (TPSA) is 98.3 Å². The van der Waals surface area contributed by atoms with Crippen molar-refractivity contribution in [2.24, 2.45) is 0 Å². The van der Waals surface area contributed by atoms with E-state index in [0.29, 0.717) is 4.47 Å². The Bertz CT molecular complexity index is 952. The van der Waals surface area contributed by atoms with Crippen LogP contribution in [0.1, 0.15) is 15.9 Å². The molecule has 0 aliphatic heterocycles. The van der Waals surface area contributed by atoms with Crippen molar-refractivity contribution in [3.8, 4) is 11.4 Å². The van der Waals surface area contributed by atoms with Crippen molar-refractivity contribution in [3.63, 3.8) is 0 Å². The summed E-state index contributed by atoms with van der Waals surface area (Å²) in [5.41, 5.74) is 0.456. The number of phenolic OH excluding ortho intramolecular Hbond substituents is 1. The lowest BCUT2D eigenvalue weighted by Crippen LogP contribution is -2.02. The molecular formula is C16H10BrN3O4. The lowest BCUT2D eigenvalue weighted by molar-refractivity contribution is -0.384. The summed E-state index contributed by atoms with van der Waals surface area (Å²) in [5.74, 6) is -0.583. The molecule has 3 rings (SSSR count). The Balaban J connectivity index is 2.01. The third-order valence-corrected chi connectivity index (χ3v) is 3.87. The number of phenols is 1. The summed E-state index contributed by atoms with van der Waals surface area (Å²) in [6, 6.07) is 10.6. The number of nitro benzene ring substituents is 1. The highest BCUT2D eigenvalue weighted by atomic mass is 79.9. The van der Waals surface area contributed by atoms with Gasteiger partial charge in [0.15, 0.2) is 5.78 Å². The molecule has 0 radical (unpaired) electrons. The molecule has 7 nitrogen and oxygen atoms in total. The second-order valence-corrected chi connectivity index (χ2v) is 5.83. The minimum Gasteiger partial charge on any atom is -0.507 e. The van der Waals surface area contributed by atoms with Gasteiger partial charge in [-0.1, -0.05) is 28.1 Å². The fourth-order valence-corrected chi connectivity index (χ4v) is 2.59. The molecule has 1 heterocycles. The maximum atomic E-state index is 12.5. The van der Waals surface area contributed by atoms with Gasteiger partial charge in [0.1, 0.15) is 11.4 Å². The first-order valence-electron chi connectivity index (χ1n) is 6.79. The van der Waals surface area contributed by atoms with Gasteiger partial charge in [0, 0.05) is 16.7 Å². The average Bonchev–Trinajstić information content (AvgIpc) is 3.06. The molecule has 0 spiro atoms. The van der Waals surface area contributed by atoms with E-state index in [1.165, 1.54) is 41.3 Å². The summed E-state index contributed by atoms with van der Waals surface area (Å²) in [5, 5.41) is 25.0. The zero-order valence-corrected chi connectivity index (χ0v) is 13.7. The SMILES string of the molecule is O=C(c1cnn(-c2ccccc2[N+](=O)[O-])c1)c1cc(Br)ccc1O. The van der Waals surface area contributed by atoms with E-state index in [9.17, 15) is 20.0 Å². The molecule has 24 heavy (non-hydrogen) atoms. The number of nitro groups is 1. The molecule has 0 saturated heterocycles. The fourth-order valence-electron chi connectivity index (χ4n) is 2.23. The number of para-hydroxylation sites is 2. The predicted octanol–water partition coefficient (Wildman–Crippen LogP) is 3.48. The van der Waals surface area contributed by atoms with Crippen LogP contribution < -0.4 is 0 Å². The van der Waals surface area contributed by atoms with E-state index in [4.69, 9.17) is 0 Å². The predicted molar refractivity (Wildman–Crippen MR) is 89.5 cm³/mol. The fraction of sp³-hybridized carbons (Fsp3) is 0. The molecule has 1 N–H and O–H groups in total. The molecule has 0 saturated carbocycles. The van der Waals surface area contributed by atoms with Crippen LogP contribution >= 0.6 is 15.9 Å². The minimum atomic E-state index is -0.515. The number of hydrogen-bond donors (Lipinski definition) is 1. The molecule has 120 valence electrons. The van der Waals surface area contributed by atoms with Crippen LogP contribution in [0.15, 0.2) is 59.3 Å². The van der Waals surface area contributed by atoms with E-state index < -0.39 is 10.7 Å². The van der Waals surface area contributed by atoms with Crippen molar-refractivity contribution in [3.05, 3.63) is 80.6 Å². The zero-order chi connectivity index (χ0) is 17.3. The Morgan fingerprint density at radius 1 is 1.25 bits per heavy atom. The van der Waals surface area contributed by atoms with Crippen molar-refractivity contribution < 1.29 is 14.8 Å². The third-order valence-electron chi connectivity index (χ3n) is 3.37. The summed E-state index contributed by atoms with van der Waals surface area (Å²) in [6.45, 7) is 0. The second kappa shape index (κ2) is 6.25. The van der Waals surface area contributed by atoms with Crippen LogP contribution in [0.3, 0.4) is 0 Å². The van der Waals surface area contributed by atoms with Gasteiger partial charge >= 0.3 is 0 Å². The molecule has 0 aliphatic rings. The number of carbonyl (C=O) groups excluding carboxylic acids is 1. The second-order valence-electron chi connectivity index (χ2n) is 4.91. The Kier molecular flexibility index (Phi) is 4.13. The van der Waals surface area contributed by atoms with Crippen molar-refractivity contribution in [2.75, 3.05) is 0 Å². The van der Waals surface area contributed by atoms with Gasteiger partial charge in [-0.25, -0.2) is 4.68 Å². The van der Waals surface area contributed by atoms with Crippen LogP contribution in [0.2, 0.25) is 0 Å². The largest absolute Gasteiger partial charge is 0.507 e. The summed E-state index contributed by atoms with van der Waals surface area (Å²) in [4.78, 5) is 23.1. The first-order chi connectivity index (χ1) is 11.5. The van der Waals surface area contributed by atoms with Gasteiger partial charge in [-0.3, -0.25) is 14.9 Å². The van der Waals surface area contributed by atoms with Crippen molar-refractivity contribution in [1.82, 2.24) is 9.78 Å². The smallest absolute Gasteiger partial charge is 0.294 e. The molecule has 8 heteroatoms. The van der Waals surface area contributed by atoms with E-state index in [-0.39, 0.29) is 28.3 Å². The average molecular weight is 388 g/mol. The van der Waals surface area contributed by atoms with Gasteiger partial charge in [-0.05, 0) is 24.3 Å². The van der Waals surface area contributed by atoms with Crippen molar-refractivity contribution >= 4 is 27.4 Å². The highest BCUT2D eigenvalue weighted by Gasteiger charge is 2.19. The van der Waals surface area contributed by atoms with Gasteiger partial charge < -0.3 is 5.11 Å². The Morgan fingerprint density at radius 3 is 2.75 bits per heavy atom. The van der Waals surface area contributed by atoms with E-state index in [0.717, 1.165) is 0 Å². The lowest BCUT2D eigenvalue weighted by Gasteiger charge is -2.03. The van der Waals surface area contributed by atoms with Gasteiger partial charge in [-0.2, -0.15) is 5.10 Å². The molecule has 0 aliphatic carbocycles. The Hall–Kier alpha value is -3.00. The summed E-state index contributed by atoms with van der Waals surface area (Å²) < 4.78 is 1.91. The number of nitrogens with zero attached hydrogens (tertiary/aromatic N) is 3. The first-order valence-corrected chi connectivity index (χ1v) is 7.58. The zero-order valence-electron chi connectivity index (χ0n) is 12.1. The Labute approximate surface area is 144 Å². The molecule has 2 aromatic carbocycles. The molecule has 0 fully saturated rings. The van der Waals surface area contributed by atoms with Crippen molar-refractivity contribution in [1.29, 1.82) is 0 Å². The van der Waals surface area contributed by atoms with Gasteiger partial charge in [0.05, 0.1) is 22.2 Å².